The Balaban J connectivity index is 2.15. The summed E-state index contributed by atoms with van der Waals surface area (Å²) in [7, 11) is 0. The minimum atomic E-state index is -0.561. The van der Waals surface area contributed by atoms with E-state index in [1.807, 2.05) is 39.8 Å². The molecule has 1 amide bonds. The van der Waals surface area contributed by atoms with Crippen molar-refractivity contribution in [2.24, 2.45) is 0 Å². The van der Waals surface area contributed by atoms with Crippen LogP contribution in [0.1, 0.15) is 45.7 Å². The molecule has 1 atom stereocenters. The molecule has 2 heterocycles. The minimum absolute atomic E-state index is 0.0792. The number of amides is 1. The van der Waals surface area contributed by atoms with Gasteiger partial charge in [-0.1, -0.05) is 0 Å². The van der Waals surface area contributed by atoms with E-state index in [4.69, 9.17) is 14.2 Å². The summed E-state index contributed by atoms with van der Waals surface area (Å²) >= 11 is 1.14. The van der Waals surface area contributed by atoms with E-state index in [0.717, 1.165) is 29.1 Å². The van der Waals surface area contributed by atoms with Gasteiger partial charge in [-0.25, -0.2) is 4.79 Å². The molecule has 8 nitrogen and oxygen atoms in total. The zero-order chi connectivity index (χ0) is 24.8. The van der Waals surface area contributed by atoms with Crippen LogP contribution in [0.25, 0.3) is 12.2 Å². The number of carbonyl (C=O) groups is 2. The molecule has 184 valence electrons. The molecular formula is C25H32N2O6S. The lowest BCUT2D eigenvalue weighted by atomic mass is 10.1. The van der Waals surface area contributed by atoms with Gasteiger partial charge in [-0.05, 0) is 52.8 Å². The van der Waals surface area contributed by atoms with Gasteiger partial charge in [0, 0.05) is 30.6 Å². The molecule has 0 spiro atoms. The average molecular weight is 489 g/mol. The molecule has 0 N–H and O–H groups in total. The molecule has 3 rings (SSSR count). The van der Waals surface area contributed by atoms with Gasteiger partial charge in [0.1, 0.15) is 28.8 Å². The van der Waals surface area contributed by atoms with Gasteiger partial charge in [0.05, 0.1) is 23.8 Å². The largest absolute Gasteiger partial charge is 0.493 e. The lowest BCUT2D eigenvalue weighted by Crippen LogP contribution is -2.40. The van der Waals surface area contributed by atoms with E-state index in [0.29, 0.717) is 40.2 Å². The summed E-state index contributed by atoms with van der Waals surface area (Å²) < 4.78 is 18.8. The third-order valence-corrected chi connectivity index (χ3v) is 6.55. The second-order valence-electron chi connectivity index (χ2n) is 7.87. The lowest BCUT2D eigenvalue weighted by molar-refractivity contribution is -0.135. The number of fused-ring (bicyclic) bond motifs is 1. The first kappa shape index (κ1) is 25.6. The van der Waals surface area contributed by atoms with Crippen molar-refractivity contribution in [2.75, 3.05) is 26.3 Å². The molecule has 1 aliphatic heterocycles. The number of likely N-dealkylation sites (N-methyl/N-ethyl adjacent to an activating group) is 1. The molecule has 0 bridgehead atoms. The number of esters is 1. The van der Waals surface area contributed by atoms with Crippen molar-refractivity contribution in [2.45, 2.75) is 53.7 Å². The highest BCUT2D eigenvalue weighted by Crippen LogP contribution is 2.35. The van der Waals surface area contributed by atoms with Gasteiger partial charge in [0.15, 0.2) is 0 Å². The number of carbonyl (C=O) groups excluding carboxylic acids is 2. The Morgan fingerprint density at radius 3 is 2.59 bits per heavy atom. The number of thiazole rings is 1. The Hall–Kier alpha value is -3.07. The molecule has 9 heteroatoms. The molecule has 1 aliphatic rings. The van der Waals surface area contributed by atoms with E-state index in [1.54, 1.807) is 17.9 Å². The van der Waals surface area contributed by atoms with Crippen LogP contribution in [0.3, 0.4) is 0 Å². The van der Waals surface area contributed by atoms with Gasteiger partial charge in [-0.2, -0.15) is 0 Å². The summed E-state index contributed by atoms with van der Waals surface area (Å²) in [5.41, 5.74) is 1.43. The summed E-state index contributed by atoms with van der Waals surface area (Å²) in [6, 6.07) is 3.83. The van der Waals surface area contributed by atoms with Crippen molar-refractivity contribution in [3.63, 3.8) is 0 Å². The number of hydrogen-bond donors (Lipinski definition) is 0. The van der Waals surface area contributed by atoms with Crippen LogP contribution in [0.2, 0.25) is 0 Å². The third kappa shape index (κ3) is 5.70. The molecule has 1 aromatic carbocycles. The van der Waals surface area contributed by atoms with Crippen molar-refractivity contribution in [1.82, 2.24) is 9.47 Å². The van der Waals surface area contributed by atoms with Crippen molar-refractivity contribution in [3.8, 4) is 11.5 Å². The summed E-state index contributed by atoms with van der Waals surface area (Å²) in [6.07, 6.45) is 3.87. The Morgan fingerprint density at radius 2 is 1.94 bits per heavy atom. The molecule has 0 saturated heterocycles. The van der Waals surface area contributed by atoms with E-state index in [9.17, 15) is 14.4 Å². The van der Waals surface area contributed by atoms with E-state index in [-0.39, 0.29) is 30.7 Å². The number of ether oxygens (including phenoxy) is 3. The first-order valence-corrected chi connectivity index (χ1v) is 12.5. The van der Waals surface area contributed by atoms with Crippen LogP contribution in [0.5, 0.6) is 11.5 Å². The van der Waals surface area contributed by atoms with Crippen LogP contribution in [0, 0.1) is 0 Å². The number of nitrogens with zero attached hydrogens (tertiary/aromatic N) is 2. The van der Waals surface area contributed by atoms with Crippen LogP contribution in [-0.4, -0.2) is 53.8 Å². The Bertz CT molecular complexity index is 1230. The highest BCUT2D eigenvalue weighted by atomic mass is 32.1. The fraction of sp³-hybridized carbons (Fsp3) is 0.480. The molecule has 1 aromatic heterocycles. The van der Waals surface area contributed by atoms with E-state index < -0.39 is 5.97 Å². The maximum absolute atomic E-state index is 13.4. The second-order valence-corrected chi connectivity index (χ2v) is 8.93. The van der Waals surface area contributed by atoms with Gasteiger partial charge >= 0.3 is 5.97 Å². The Morgan fingerprint density at radius 1 is 1.21 bits per heavy atom. The first-order valence-electron chi connectivity index (χ1n) is 11.6. The Labute approximate surface area is 203 Å². The normalized spacial score (nSPS) is 15.7. The molecule has 0 radical (unpaired) electrons. The number of rotatable bonds is 9. The van der Waals surface area contributed by atoms with E-state index in [2.05, 4.69) is 0 Å². The summed E-state index contributed by atoms with van der Waals surface area (Å²) in [6.45, 7) is 11.0. The molecule has 1 unspecified atom stereocenters. The quantitative estimate of drug-likeness (QED) is 0.499. The molecular weight excluding hydrogens is 456 g/mol. The van der Waals surface area contributed by atoms with E-state index in [1.165, 1.54) is 10.6 Å². The van der Waals surface area contributed by atoms with Crippen LogP contribution in [0.4, 0.5) is 0 Å². The van der Waals surface area contributed by atoms with Gasteiger partial charge in [0.2, 0.25) is 5.91 Å². The zero-order valence-electron chi connectivity index (χ0n) is 20.4. The fourth-order valence-electron chi connectivity index (χ4n) is 3.88. The maximum atomic E-state index is 13.4. The monoisotopic (exact) mass is 488 g/mol. The number of aromatic nitrogens is 1. The number of hydrogen-bond acceptors (Lipinski definition) is 7. The highest BCUT2D eigenvalue weighted by Gasteiger charge is 2.22. The first-order chi connectivity index (χ1) is 16.3. The summed E-state index contributed by atoms with van der Waals surface area (Å²) in [4.78, 5) is 39.9. The zero-order valence-corrected chi connectivity index (χ0v) is 21.2. The maximum Gasteiger partial charge on any atom is 0.333 e. The van der Waals surface area contributed by atoms with Gasteiger partial charge < -0.3 is 19.1 Å². The fourth-order valence-corrected chi connectivity index (χ4v) is 4.90. The Kier molecular flexibility index (Phi) is 8.55. The lowest BCUT2D eigenvalue weighted by Gasteiger charge is -2.18. The van der Waals surface area contributed by atoms with E-state index >= 15 is 0 Å². The van der Waals surface area contributed by atoms with Crippen LogP contribution >= 0.6 is 11.3 Å². The van der Waals surface area contributed by atoms with Crippen molar-refractivity contribution >= 4 is 35.4 Å². The minimum Gasteiger partial charge on any atom is -0.493 e. The molecule has 0 saturated carbocycles. The summed E-state index contributed by atoms with van der Waals surface area (Å²) in [5.74, 6) is 0.682. The predicted octanol–water partition coefficient (Wildman–Crippen LogP) is 1.67. The van der Waals surface area contributed by atoms with Gasteiger partial charge in [-0.15, -0.1) is 11.3 Å². The third-order valence-electron chi connectivity index (χ3n) is 5.49. The van der Waals surface area contributed by atoms with Crippen LogP contribution in [0.15, 0.2) is 16.9 Å². The molecule has 0 fully saturated rings. The van der Waals surface area contributed by atoms with Gasteiger partial charge in [0.25, 0.3) is 5.56 Å². The average Bonchev–Trinajstić information content (AvgIpc) is 3.28. The highest BCUT2D eigenvalue weighted by molar-refractivity contribution is 7.07. The smallest absolute Gasteiger partial charge is 0.333 e. The number of benzene rings is 1. The topological polar surface area (TPSA) is 87.1 Å². The molecule has 34 heavy (non-hydrogen) atoms. The molecule has 2 aromatic rings. The standard InChI is InChI=1S/C25H32N2O6S/c1-6-26(7-2)22(28)15-27-23(14-24(29)32-9-4)34-21(25(27)30)13-18-12-20-17(10-16(5)33-20)11-19(18)31-8-3/h11-14,16H,6-10,15H2,1-5H3/b21-13-,23-14-. The van der Waals surface area contributed by atoms with Crippen molar-refractivity contribution in [1.29, 1.82) is 0 Å². The van der Waals surface area contributed by atoms with Crippen LogP contribution in [-0.2, 0) is 27.3 Å². The summed E-state index contributed by atoms with van der Waals surface area (Å²) in [5, 5.41) is 0. The SMILES string of the molecule is CCOC(=O)/C=c1\s/c(=C\c2cc3c(cc2OCC)CC(C)O3)c(=O)n1CC(=O)N(CC)CC. The molecule has 0 aliphatic carbocycles. The van der Waals surface area contributed by atoms with Crippen molar-refractivity contribution in [3.05, 3.63) is 42.8 Å². The van der Waals surface area contributed by atoms with Crippen molar-refractivity contribution < 1.29 is 23.8 Å². The van der Waals surface area contributed by atoms with Gasteiger partial charge in [-0.3, -0.25) is 14.2 Å². The van der Waals surface area contributed by atoms with Crippen LogP contribution < -0.4 is 24.2 Å². The predicted molar refractivity (Wildman–Crippen MR) is 132 cm³/mol. The second kappa shape index (κ2) is 11.4.